The lowest BCUT2D eigenvalue weighted by Gasteiger charge is -2.30. The zero-order chi connectivity index (χ0) is 24.1. The number of primary amides is 1. The molecule has 1 aliphatic heterocycles. The summed E-state index contributed by atoms with van der Waals surface area (Å²) < 4.78 is 1.64. The number of aromatic nitrogens is 2. The third-order valence-electron chi connectivity index (χ3n) is 5.18. The Morgan fingerprint density at radius 1 is 1.27 bits per heavy atom. The van der Waals surface area contributed by atoms with Crippen LogP contribution in [0.3, 0.4) is 0 Å². The number of rotatable bonds is 9. The zero-order valence-electron chi connectivity index (χ0n) is 18.0. The van der Waals surface area contributed by atoms with Gasteiger partial charge in [-0.05, 0) is 30.7 Å². The molecule has 0 fully saturated rings. The van der Waals surface area contributed by atoms with Gasteiger partial charge in [0.15, 0.2) is 0 Å². The molecule has 0 saturated heterocycles. The highest BCUT2D eigenvalue weighted by atomic mass is 16.4. The summed E-state index contributed by atoms with van der Waals surface area (Å²) >= 11 is 0. The Hall–Kier alpha value is -4.29. The van der Waals surface area contributed by atoms with Crippen LogP contribution < -0.4 is 37.9 Å². The van der Waals surface area contributed by atoms with Gasteiger partial charge in [0.05, 0.1) is 6.67 Å². The van der Waals surface area contributed by atoms with Gasteiger partial charge in [-0.1, -0.05) is 0 Å². The second-order valence-electron chi connectivity index (χ2n) is 7.53. The summed E-state index contributed by atoms with van der Waals surface area (Å²) in [6.45, 7) is 1.52. The maximum atomic E-state index is 12.4. The first-order valence-corrected chi connectivity index (χ1v) is 10.2. The van der Waals surface area contributed by atoms with Crippen molar-refractivity contribution in [3.63, 3.8) is 0 Å². The van der Waals surface area contributed by atoms with Crippen LogP contribution in [-0.2, 0) is 16.3 Å². The number of carbonyl (C=O) groups is 3. The van der Waals surface area contributed by atoms with Crippen LogP contribution in [0.4, 0.5) is 23.1 Å². The van der Waals surface area contributed by atoms with E-state index in [2.05, 4.69) is 20.9 Å². The van der Waals surface area contributed by atoms with Crippen molar-refractivity contribution in [2.45, 2.75) is 25.6 Å². The van der Waals surface area contributed by atoms with Gasteiger partial charge in [-0.25, -0.2) is 4.79 Å². The van der Waals surface area contributed by atoms with Crippen molar-refractivity contribution in [2.24, 2.45) is 5.73 Å². The number of nitrogens with zero attached hydrogens (tertiary/aromatic N) is 3. The third kappa shape index (κ3) is 5.50. The normalized spacial score (nSPS) is 13.4. The molecule has 0 aliphatic carbocycles. The lowest BCUT2D eigenvalue weighted by atomic mass is 10.1. The van der Waals surface area contributed by atoms with Crippen molar-refractivity contribution in [3.8, 4) is 0 Å². The molecule has 2 heterocycles. The summed E-state index contributed by atoms with van der Waals surface area (Å²) in [7, 11) is 1.81. The topological polar surface area (TPSA) is 198 Å². The molecule has 2 aromatic rings. The molecule has 1 atom stereocenters. The molecule has 0 bridgehead atoms. The Balaban J connectivity index is 1.68. The SMILES string of the molecule is CN1CCNc2c1c(=O)nc(N)n2CNc1ccc(C(=O)N[C@@H](CCC(N)=O)C(=O)O)cc1. The minimum Gasteiger partial charge on any atom is -0.480 e. The molecule has 0 unspecified atom stereocenters. The van der Waals surface area contributed by atoms with E-state index >= 15 is 0 Å². The number of carbonyl (C=O) groups excluding carboxylic acids is 2. The molecule has 1 aliphatic rings. The fourth-order valence-corrected chi connectivity index (χ4v) is 3.39. The lowest BCUT2D eigenvalue weighted by molar-refractivity contribution is -0.139. The van der Waals surface area contributed by atoms with Gasteiger partial charge in [-0.2, -0.15) is 4.98 Å². The molecule has 33 heavy (non-hydrogen) atoms. The van der Waals surface area contributed by atoms with Crippen LogP contribution in [0.1, 0.15) is 23.2 Å². The molecular formula is C20H26N8O5. The van der Waals surface area contributed by atoms with E-state index in [0.29, 0.717) is 30.3 Å². The van der Waals surface area contributed by atoms with E-state index in [1.807, 2.05) is 11.9 Å². The number of amides is 2. The Morgan fingerprint density at radius 2 is 1.97 bits per heavy atom. The second kappa shape index (κ2) is 9.89. The maximum Gasteiger partial charge on any atom is 0.326 e. The van der Waals surface area contributed by atoms with Gasteiger partial charge in [-0.3, -0.25) is 19.0 Å². The monoisotopic (exact) mass is 458 g/mol. The Bertz CT molecular complexity index is 1110. The number of fused-ring (bicyclic) bond motifs is 1. The van der Waals surface area contributed by atoms with Crippen molar-refractivity contribution >= 4 is 40.9 Å². The van der Waals surface area contributed by atoms with Crippen molar-refractivity contribution in [2.75, 3.05) is 41.4 Å². The van der Waals surface area contributed by atoms with Gasteiger partial charge >= 0.3 is 5.97 Å². The Kier molecular flexibility index (Phi) is 7.00. The fraction of sp³-hybridized carbons (Fsp3) is 0.350. The number of benzene rings is 1. The summed E-state index contributed by atoms with van der Waals surface area (Å²) in [6, 6.07) is 5.12. The molecule has 1 aromatic carbocycles. The molecule has 1 aromatic heterocycles. The predicted octanol–water partition coefficient (Wildman–Crippen LogP) is -0.795. The van der Waals surface area contributed by atoms with Crippen molar-refractivity contribution in [1.29, 1.82) is 0 Å². The summed E-state index contributed by atoms with van der Waals surface area (Å²) in [5.41, 5.74) is 11.9. The van der Waals surface area contributed by atoms with Gasteiger partial charge in [0, 0.05) is 37.8 Å². The summed E-state index contributed by atoms with van der Waals surface area (Å²) in [6.07, 6.45) is -0.254. The van der Waals surface area contributed by atoms with Crippen molar-refractivity contribution in [1.82, 2.24) is 14.9 Å². The maximum absolute atomic E-state index is 12.4. The molecule has 176 valence electrons. The number of nitrogens with two attached hydrogens (primary N) is 2. The van der Waals surface area contributed by atoms with Gasteiger partial charge < -0.3 is 37.4 Å². The van der Waals surface area contributed by atoms with Gasteiger partial charge in [-0.15, -0.1) is 0 Å². The number of nitrogens with one attached hydrogen (secondary N) is 3. The Labute approximate surface area is 188 Å². The summed E-state index contributed by atoms with van der Waals surface area (Å²) in [4.78, 5) is 52.5. The predicted molar refractivity (Wildman–Crippen MR) is 122 cm³/mol. The number of hydrogen-bond acceptors (Lipinski definition) is 9. The lowest BCUT2D eigenvalue weighted by Crippen LogP contribution is -2.41. The number of hydrogen-bond donors (Lipinski definition) is 6. The van der Waals surface area contributed by atoms with Crippen LogP contribution in [0.2, 0.25) is 0 Å². The zero-order valence-corrected chi connectivity index (χ0v) is 18.0. The van der Waals surface area contributed by atoms with Crippen LogP contribution in [-0.4, -0.2) is 58.6 Å². The fourth-order valence-electron chi connectivity index (χ4n) is 3.39. The van der Waals surface area contributed by atoms with Gasteiger partial charge in [0.25, 0.3) is 11.5 Å². The first-order valence-electron chi connectivity index (χ1n) is 10.2. The van der Waals surface area contributed by atoms with E-state index in [0.717, 1.165) is 0 Å². The molecule has 3 rings (SSSR count). The number of nitrogen functional groups attached to an aromatic ring is 1. The standard InChI is InChI=1S/C20H26N8O5/c1-27-9-8-23-16-15(27)18(31)26-20(22)28(16)10-24-12-4-2-11(3-5-12)17(30)25-13(19(32)33)6-7-14(21)29/h2-5,13,23-24H,6-10H2,1H3,(H2,21,29)(H,25,30)(H,32,33)(H2,22,26,31)/t13-/m0/s1. The molecule has 0 radical (unpaired) electrons. The minimum atomic E-state index is -1.25. The molecule has 13 nitrogen and oxygen atoms in total. The molecule has 0 saturated carbocycles. The van der Waals surface area contributed by atoms with E-state index in [1.165, 1.54) is 12.1 Å². The Morgan fingerprint density at radius 3 is 2.61 bits per heavy atom. The number of anilines is 4. The second-order valence-corrected chi connectivity index (χ2v) is 7.53. The molecule has 8 N–H and O–H groups in total. The van der Waals surface area contributed by atoms with Crippen LogP contribution in [0.15, 0.2) is 29.1 Å². The smallest absolute Gasteiger partial charge is 0.326 e. The molecular weight excluding hydrogens is 432 g/mol. The van der Waals surface area contributed by atoms with Crippen LogP contribution in [0, 0.1) is 0 Å². The van der Waals surface area contributed by atoms with E-state index < -0.39 is 29.4 Å². The first kappa shape index (κ1) is 23.4. The average Bonchev–Trinajstić information content (AvgIpc) is 2.76. The summed E-state index contributed by atoms with van der Waals surface area (Å²) in [5, 5.41) is 17.9. The quantitative estimate of drug-likeness (QED) is 0.277. The van der Waals surface area contributed by atoms with E-state index in [4.69, 9.17) is 11.5 Å². The van der Waals surface area contributed by atoms with Crippen molar-refractivity contribution < 1.29 is 19.5 Å². The van der Waals surface area contributed by atoms with Crippen LogP contribution in [0.25, 0.3) is 0 Å². The highest BCUT2D eigenvalue weighted by Gasteiger charge is 2.23. The number of carboxylic acid groups (broad SMARTS) is 1. The van der Waals surface area contributed by atoms with E-state index in [-0.39, 0.29) is 31.0 Å². The number of likely N-dealkylation sites (N-methyl/N-ethyl adjacent to an activating group) is 1. The summed E-state index contributed by atoms with van der Waals surface area (Å²) in [5.74, 6) is -1.86. The van der Waals surface area contributed by atoms with Crippen molar-refractivity contribution in [3.05, 3.63) is 40.2 Å². The van der Waals surface area contributed by atoms with E-state index in [9.17, 15) is 24.3 Å². The van der Waals surface area contributed by atoms with Crippen LogP contribution in [0.5, 0.6) is 0 Å². The minimum absolute atomic E-state index is 0.0562. The average molecular weight is 458 g/mol. The highest BCUT2D eigenvalue weighted by molar-refractivity contribution is 5.97. The number of carboxylic acids is 1. The highest BCUT2D eigenvalue weighted by Crippen LogP contribution is 2.25. The van der Waals surface area contributed by atoms with Gasteiger partial charge in [0.2, 0.25) is 11.9 Å². The molecule has 13 heteroatoms. The van der Waals surface area contributed by atoms with E-state index in [1.54, 1.807) is 16.7 Å². The molecule has 0 spiro atoms. The van der Waals surface area contributed by atoms with Gasteiger partial charge in [0.1, 0.15) is 17.5 Å². The number of aliphatic carboxylic acids is 1. The van der Waals surface area contributed by atoms with Crippen LogP contribution >= 0.6 is 0 Å². The largest absolute Gasteiger partial charge is 0.480 e. The third-order valence-corrected chi connectivity index (χ3v) is 5.18. The first-order chi connectivity index (χ1) is 15.7. The molecule has 2 amide bonds.